The lowest BCUT2D eigenvalue weighted by molar-refractivity contribution is -0.126. The Hall–Kier alpha value is -2.67. The van der Waals surface area contributed by atoms with Gasteiger partial charge in [-0.25, -0.2) is 5.43 Å². The van der Waals surface area contributed by atoms with Gasteiger partial charge in [-0.3, -0.25) is 9.59 Å². The largest absolute Gasteiger partial charge is 0.494 e. The molecule has 0 fully saturated rings. The molecule has 142 valence electrons. The molecule has 0 spiro atoms. The standard InChI is InChI=1S/C20H22BrN3O3/c1-2-3-11-27-16-8-6-7-15(12-16)14-22-24-20(26)13-19(25)23-18-10-5-4-9-17(18)21/h4-10,12,14H,2-3,11,13H2,1H3,(H,23,25)(H,24,26). The van der Waals surface area contributed by atoms with Crippen molar-refractivity contribution >= 4 is 39.6 Å². The average molecular weight is 432 g/mol. The van der Waals surface area contributed by atoms with Gasteiger partial charge in [-0.2, -0.15) is 5.10 Å². The molecule has 2 amide bonds. The van der Waals surface area contributed by atoms with E-state index in [2.05, 4.69) is 38.7 Å². The van der Waals surface area contributed by atoms with Crippen LogP contribution in [0.25, 0.3) is 0 Å². The molecule has 0 unspecified atom stereocenters. The number of anilines is 1. The lowest BCUT2D eigenvalue weighted by atomic mass is 10.2. The Morgan fingerprint density at radius 1 is 1.15 bits per heavy atom. The summed E-state index contributed by atoms with van der Waals surface area (Å²) in [4.78, 5) is 23.8. The van der Waals surface area contributed by atoms with Gasteiger partial charge in [0.15, 0.2) is 0 Å². The number of carbonyl (C=O) groups excluding carboxylic acids is 2. The van der Waals surface area contributed by atoms with Crippen LogP contribution >= 0.6 is 15.9 Å². The van der Waals surface area contributed by atoms with Crippen LogP contribution in [0.1, 0.15) is 31.7 Å². The third-order valence-corrected chi connectivity index (χ3v) is 4.19. The van der Waals surface area contributed by atoms with Crippen molar-refractivity contribution in [3.63, 3.8) is 0 Å². The molecule has 0 aromatic heterocycles. The molecule has 0 aliphatic rings. The van der Waals surface area contributed by atoms with E-state index in [0.717, 1.165) is 28.6 Å². The van der Waals surface area contributed by atoms with Gasteiger partial charge in [0, 0.05) is 4.47 Å². The molecule has 0 saturated heterocycles. The van der Waals surface area contributed by atoms with Gasteiger partial charge in [0.2, 0.25) is 11.8 Å². The first-order valence-electron chi connectivity index (χ1n) is 8.67. The quantitative estimate of drug-likeness (QED) is 0.271. The number of carbonyl (C=O) groups is 2. The molecular weight excluding hydrogens is 410 g/mol. The number of hydrogen-bond acceptors (Lipinski definition) is 4. The number of nitrogens with zero attached hydrogens (tertiary/aromatic N) is 1. The molecule has 0 bridgehead atoms. The van der Waals surface area contributed by atoms with E-state index in [1.54, 1.807) is 18.2 Å². The third-order valence-electron chi connectivity index (χ3n) is 3.50. The van der Waals surface area contributed by atoms with E-state index in [1.807, 2.05) is 30.3 Å². The van der Waals surface area contributed by atoms with Gasteiger partial charge in [0.25, 0.3) is 0 Å². The van der Waals surface area contributed by atoms with Crippen molar-refractivity contribution in [2.24, 2.45) is 5.10 Å². The highest BCUT2D eigenvalue weighted by Gasteiger charge is 2.10. The van der Waals surface area contributed by atoms with Crippen molar-refractivity contribution in [3.05, 3.63) is 58.6 Å². The Kier molecular flexibility index (Phi) is 8.51. The molecule has 0 aliphatic heterocycles. The number of nitrogens with one attached hydrogen (secondary N) is 2. The van der Waals surface area contributed by atoms with E-state index in [-0.39, 0.29) is 6.42 Å². The minimum atomic E-state index is -0.494. The van der Waals surface area contributed by atoms with Crippen LogP contribution < -0.4 is 15.5 Å². The molecule has 0 radical (unpaired) electrons. The van der Waals surface area contributed by atoms with Crippen LogP contribution in [0.4, 0.5) is 5.69 Å². The highest BCUT2D eigenvalue weighted by molar-refractivity contribution is 9.10. The maximum Gasteiger partial charge on any atom is 0.249 e. The van der Waals surface area contributed by atoms with Crippen LogP contribution in [-0.2, 0) is 9.59 Å². The topological polar surface area (TPSA) is 79.8 Å². The fraction of sp³-hybridized carbons (Fsp3) is 0.250. The number of unbranched alkanes of at least 4 members (excludes halogenated alkanes) is 1. The van der Waals surface area contributed by atoms with Crippen LogP contribution in [0, 0.1) is 0 Å². The van der Waals surface area contributed by atoms with Gasteiger partial charge in [-0.05, 0) is 52.2 Å². The van der Waals surface area contributed by atoms with E-state index < -0.39 is 11.8 Å². The number of hydrazone groups is 1. The van der Waals surface area contributed by atoms with Crippen LogP contribution in [0.5, 0.6) is 5.75 Å². The van der Waals surface area contributed by atoms with Gasteiger partial charge in [0.05, 0.1) is 18.5 Å². The van der Waals surface area contributed by atoms with E-state index in [9.17, 15) is 9.59 Å². The van der Waals surface area contributed by atoms with Crippen molar-refractivity contribution in [1.29, 1.82) is 0 Å². The van der Waals surface area contributed by atoms with E-state index in [1.165, 1.54) is 6.21 Å². The summed E-state index contributed by atoms with van der Waals surface area (Å²) >= 11 is 3.34. The number of para-hydroxylation sites is 1. The molecule has 2 rings (SSSR count). The number of amides is 2. The first-order valence-corrected chi connectivity index (χ1v) is 9.47. The normalized spacial score (nSPS) is 10.6. The van der Waals surface area contributed by atoms with Crippen LogP contribution in [-0.4, -0.2) is 24.6 Å². The number of benzene rings is 2. The minimum Gasteiger partial charge on any atom is -0.494 e. The predicted molar refractivity (Wildman–Crippen MR) is 110 cm³/mol. The summed E-state index contributed by atoms with van der Waals surface area (Å²) in [5.41, 5.74) is 3.75. The average Bonchev–Trinajstić information content (AvgIpc) is 2.64. The Labute approximate surface area is 167 Å². The summed E-state index contributed by atoms with van der Waals surface area (Å²) in [7, 11) is 0. The van der Waals surface area contributed by atoms with E-state index >= 15 is 0 Å². The minimum absolute atomic E-state index is 0.321. The zero-order valence-electron chi connectivity index (χ0n) is 15.1. The molecule has 2 aromatic carbocycles. The fourth-order valence-corrected chi connectivity index (χ4v) is 2.52. The molecule has 0 aliphatic carbocycles. The van der Waals surface area contributed by atoms with E-state index in [4.69, 9.17) is 4.74 Å². The number of hydrogen-bond donors (Lipinski definition) is 2. The van der Waals surface area contributed by atoms with Crippen LogP contribution in [0.3, 0.4) is 0 Å². The van der Waals surface area contributed by atoms with Crippen molar-refractivity contribution in [2.45, 2.75) is 26.2 Å². The number of rotatable bonds is 9. The predicted octanol–water partition coefficient (Wildman–Crippen LogP) is 4.11. The number of halogens is 1. The smallest absolute Gasteiger partial charge is 0.249 e. The first kappa shape index (κ1) is 20.6. The summed E-state index contributed by atoms with van der Waals surface area (Å²) in [6.45, 7) is 2.77. The van der Waals surface area contributed by atoms with Crippen molar-refractivity contribution in [2.75, 3.05) is 11.9 Å². The lowest BCUT2D eigenvalue weighted by Gasteiger charge is -2.06. The van der Waals surface area contributed by atoms with Gasteiger partial charge in [0.1, 0.15) is 12.2 Å². The van der Waals surface area contributed by atoms with Gasteiger partial charge in [-0.1, -0.05) is 37.6 Å². The van der Waals surface area contributed by atoms with Gasteiger partial charge in [-0.15, -0.1) is 0 Å². The second kappa shape index (κ2) is 11.1. The lowest BCUT2D eigenvalue weighted by Crippen LogP contribution is -2.24. The van der Waals surface area contributed by atoms with Gasteiger partial charge < -0.3 is 10.1 Å². The summed E-state index contributed by atoms with van der Waals surface area (Å²) in [6.07, 6.45) is 3.26. The second-order valence-corrected chi connectivity index (χ2v) is 6.63. The highest BCUT2D eigenvalue weighted by Crippen LogP contribution is 2.21. The molecule has 6 nitrogen and oxygen atoms in total. The molecule has 27 heavy (non-hydrogen) atoms. The Balaban J connectivity index is 1.80. The Morgan fingerprint density at radius 3 is 2.74 bits per heavy atom. The van der Waals surface area contributed by atoms with Crippen LogP contribution in [0.2, 0.25) is 0 Å². The molecule has 2 N–H and O–H groups in total. The van der Waals surface area contributed by atoms with Gasteiger partial charge >= 0.3 is 0 Å². The Bertz CT molecular complexity index is 809. The van der Waals surface area contributed by atoms with Crippen LogP contribution in [0.15, 0.2) is 58.1 Å². The zero-order chi connectivity index (χ0) is 19.5. The Morgan fingerprint density at radius 2 is 1.96 bits per heavy atom. The summed E-state index contributed by atoms with van der Waals surface area (Å²) in [5, 5.41) is 6.55. The molecule has 0 saturated carbocycles. The summed E-state index contributed by atoms with van der Waals surface area (Å²) in [6, 6.07) is 14.6. The maximum absolute atomic E-state index is 11.9. The SMILES string of the molecule is CCCCOc1cccc(C=NNC(=O)CC(=O)Nc2ccccc2Br)c1. The van der Waals surface area contributed by atoms with E-state index in [0.29, 0.717) is 12.3 Å². The molecule has 2 aromatic rings. The summed E-state index contributed by atoms with van der Waals surface area (Å²) in [5.74, 6) is -0.154. The van der Waals surface area contributed by atoms with Crippen molar-refractivity contribution < 1.29 is 14.3 Å². The number of ether oxygens (including phenoxy) is 1. The van der Waals surface area contributed by atoms with Crippen molar-refractivity contribution in [3.8, 4) is 5.75 Å². The zero-order valence-corrected chi connectivity index (χ0v) is 16.7. The fourth-order valence-electron chi connectivity index (χ4n) is 2.14. The molecule has 0 atom stereocenters. The highest BCUT2D eigenvalue weighted by atomic mass is 79.9. The molecular formula is C20H22BrN3O3. The monoisotopic (exact) mass is 431 g/mol. The third kappa shape index (κ3) is 7.62. The van der Waals surface area contributed by atoms with Crippen molar-refractivity contribution in [1.82, 2.24) is 5.43 Å². The summed E-state index contributed by atoms with van der Waals surface area (Å²) < 4.78 is 6.38. The second-order valence-electron chi connectivity index (χ2n) is 5.77. The molecule has 7 heteroatoms. The maximum atomic E-state index is 11.9. The molecule has 0 heterocycles. The first-order chi connectivity index (χ1) is 13.1.